The third-order valence-electron chi connectivity index (χ3n) is 1.71. The van der Waals surface area contributed by atoms with Crippen LogP contribution in [0.5, 0.6) is 0 Å². The number of rotatable bonds is 7. The fourth-order valence-electron chi connectivity index (χ4n) is 1.09. The Morgan fingerprint density at radius 2 is 2.18 bits per heavy atom. The summed E-state index contributed by atoms with van der Waals surface area (Å²) in [6.07, 6.45) is 1.97. The Labute approximate surface area is 103 Å². The highest BCUT2D eigenvalue weighted by Crippen LogP contribution is 1.93. The molecular weight excluding hydrogens is 218 g/mol. The molecule has 5 nitrogen and oxygen atoms in total. The predicted molar refractivity (Wildman–Crippen MR) is 70.0 cm³/mol. The molecule has 0 aliphatic carbocycles. The average Bonchev–Trinajstić information content (AvgIpc) is 2.24. The van der Waals surface area contributed by atoms with Crippen molar-refractivity contribution in [2.45, 2.75) is 33.3 Å². The van der Waals surface area contributed by atoms with Gasteiger partial charge in [0.05, 0.1) is 19.1 Å². The van der Waals surface area contributed by atoms with E-state index < -0.39 is 0 Å². The van der Waals surface area contributed by atoms with Crippen molar-refractivity contribution in [1.82, 2.24) is 10.6 Å². The van der Waals surface area contributed by atoms with Gasteiger partial charge >= 0.3 is 5.97 Å². The first-order valence-corrected chi connectivity index (χ1v) is 5.92. The number of nitrogens with one attached hydrogen (secondary N) is 2. The molecule has 0 fully saturated rings. The van der Waals surface area contributed by atoms with Crippen LogP contribution < -0.4 is 10.6 Å². The van der Waals surface area contributed by atoms with E-state index in [0.717, 1.165) is 6.54 Å². The molecule has 17 heavy (non-hydrogen) atoms. The summed E-state index contributed by atoms with van der Waals surface area (Å²) >= 11 is 0. The largest absolute Gasteiger partial charge is 0.463 e. The number of aliphatic imine (C=N–C) groups is 1. The minimum Gasteiger partial charge on any atom is -0.463 e. The number of nitrogens with zero attached hydrogens (tertiary/aromatic N) is 1. The summed E-state index contributed by atoms with van der Waals surface area (Å²) in [5.74, 6) is 0.466. The Bertz CT molecular complexity index is 262. The second kappa shape index (κ2) is 9.69. The fourth-order valence-corrected chi connectivity index (χ4v) is 1.09. The summed E-state index contributed by atoms with van der Waals surface area (Å²) in [5, 5.41) is 6.12. The lowest BCUT2D eigenvalue weighted by Crippen LogP contribution is -2.37. The van der Waals surface area contributed by atoms with Crippen molar-refractivity contribution in [2.75, 3.05) is 19.6 Å². The minimum absolute atomic E-state index is 0.0707. The molecule has 98 valence electrons. The van der Waals surface area contributed by atoms with E-state index in [4.69, 9.17) is 4.74 Å². The van der Waals surface area contributed by atoms with Crippen molar-refractivity contribution in [3.63, 3.8) is 0 Å². The van der Waals surface area contributed by atoms with E-state index >= 15 is 0 Å². The monoisotopic (exact) mass is 241 g/mol. The van der Waals surface area contributed by atoms with E-state index in [9.17, 15) is 4.79 Å². The molecule has 0 aromatic heterocycles. The van der Waals surface area contributed by atoms with Gasteiger partial charge < -0.3 is 15.4 Å². The van der Waals surface area contributed by atoms with Crippen molar-refractivity contribution in [1.29, 1.82) is 0 Å². The van der Waals surface area contributed by atoms with Gasteiger partial charge in [-0.05, 0) is 20.8 Å². The first-order chi connectivity index (χ1) is 8.10. The smallest absolute Gasteiger partial charge is 0.307 e. The molecule has 0 rings (SSSR count). The zero-order chi connectivity index (χ0) is 13.1. The fraction of sp³-hybridized carbons (Fsp3) is 0.667. The van der Waals surface area contributed by atoms with Crippen molar-refractivity contribution in [3.8, 4) is 0 Å². The van der Waals surface area contributed by atoms with Crippen LogP contribution in [0.3, 0.4) is 0 Å². The van der Waals surface area contributed by atoms with Crippen LogP contribution in [0.25, 0.3) is 0 Å². The number of ether oxygens (including phenoxy) is 1. The summed E-state index contributed by atoms with van der Waals surface area (Å²) in [4.78, 5) is 15.5. The van der Waals surface area contributed by atoms with Gasteiger partial charge in [0.2, 0.25) is 0 Å². The van der Waals surface area contributed by atoms with Crippen molar-refractivity contribution < 1.29 is 9.53 Å². The second-order valence-corrected chi connectivity index (χ2v) is 3.72. The van der Waals surface area contributed by atoms with Crippen LogP contribution in [0.1, 0.15) is 27.2 Å². The number of hydrogen-bond donors (Lipinski definition) is 2. The molecule has 2 N–H and O–H groups in total. The van der Waals surface area contributed by atoms with Crippen LogP contribution in [-0.4, -0.2) is 37.7 Å². The van der Waals surface area contributed by atoms with Crippen LogP contribution in [0.2, 0.25) is 0 Å². The van der Waals surface area contributed by atoms with Crippen molar-refractivity contribution in [2.24, 2.45) is 4.99 Å². The summed E-state index contributed by atoms with van der Waals surface area (Å²) < 4.78 is 5.01. The Morgan fingerprint density at radius 3 is 2.71 bits per heavy atom. The summed E-state index contributed by atoms with van der Waals surface area (Å²) in [6, 6.07) is 0. The zero-order valence-corrected chi connectivity index (χ0v) is 11.0. The standard InChI is InChI=1S/C12H23N3O2/c1-5-8-14-12(13-6-2)15-9-7-11(16)17-10(3)4/h5,10H,1,6-9H2,2-4H3,(H2,13,14,15). The molecular formula is C12H23N3O2. The molecule has 0 saturated carbocycles. The van der Waals surface area contributed by atoms with Crippen LogP contribution >= 0.6 is 0 Å². The lowest BCUT2D eigenvalue weighted by atomic mass is 10.4. The number of esters is 1. The van der Waals surface area contributed by atoms with Gasteiger partial charge in [-0.15, -0.1) is 6.58 Å². The van der Waals surface area contributed by atoms with Crippen LogP contribution in [0, 0.1) is 0 Å². The van der Waals surface area contributed by atoms with Gasteiger partial charge in [-0.1, -0.05) is 6.08 Å². The number of guanidine groups is 1. The molecule has 0 aromatic rings. The molecule has 0 bridgehead atoms. The molecule has 0 unspecified atom stereocenters. The van der Waals surface area contributed by atoms with E-state index in [-0.39, 0.29) is 12.1 Å². The maximum Gasteiger partial charge on any atom is 0.307 e. The number of carbonyl (C=O) groups excluding carboxylic acids is 1. The third-order valence-corrected chi connectivity index (χ3v) is 1.71. The van der Waals surface area contributed by atoms with Crippen molar-refractivity contribution in [3.05, 3.63) is 12.7 Å². The topological polar surface area (TPSA) is 62.7 Å². The molecule has 0 radical (unpaired) electrons. The molecule has 0 heterocycles. The average molecular weight is 241 g/mol. The SMILES string of the molecule is C=CCNC(=NCCC(=O)OC(C)C)NCC. The number of carbonyl (C=O) groups is 1. The first kappa shape index (κ1) is 15.5. The molecule has 0 atom stereocenters. The van der Waals surface area contributed by atoms with Gasteiger partial charge in [0.15, 0.2) is 5.96 Å². The van der Waals surface area contributed by atoms with Gasteiger partial charge in [-0.3, -0.25) is 9.79 Å². The normalized spacial score (nSPS) is 11.2. The van der Waals surface area contributed by atoms with E-state index in [2.05, 4.69) is 22.2 Å². The van der Waals surface area contributed by atoms with E-state index in [0.29, 0.717) is 25.5 Å². The molecule has 0 saturated heterocycles. The van der Waals surface area contributed by atoms with Crippen molar-refractivity contribution >= 4 is 11.9 Å². The van der Waals surface area contributed by atoms with Gasteiger partial charge in [0, 0.05) is 13.1 Å². The maximum absolute atomic E-state index is 11.3. The van der Waals surface area contributed by atoms with E-state index in [1.807, 2.05) is 20.8 Å². The molecule has 0 amide bonds. The Balaban J connectivity index is 3.97. The summed E-state index contributed by atoms with van der Waals surface area (Å²) in [7, 11) is 0. The van der Waals surface area contributed by atoms with Crippen LogP contribution in [0.4, 0.5) is 0 Å². The highest BCUT2D eigenvalue weighted by molar-refractivity contribution is 5.80. The molecule has 0 aromatic carbocycles. The quantitative estimate of drug-likeness (QED) is 0.303. The molecule has 0 aliphatic rings. The van der Waals surface area contributed by atoms with Gasteiger partial charge in [-0.2, -0.15) is 0 Å². The number of hydrogen-bond acceptors (Lipinski definition) is 3. The lowest BCUT2D eigenvalue weighted by Gasteiger charge is -2.09. The molecule has 0 aliphatic heterocycles. The van der Waals surface area contributed by atoms with Gasteiger partial charge in [-0.25, -0.2) is 0 Å². The maximum atomic E-state index is 11.3. The zero-order valence-electron chi connectivity index (χ0n) is 11.0. The van der Waals surface area contributed by atoms with Gasteiger partial charge in [0.25, 0.3) is 0 Å². The lowest BCUT2D eigenvalue weighted by molar-refractivity contribution is -0.147. The van der Waals surface area contributed by atoms with Crippen LogP contribution in [0.15, 0.2) is 17.6 Å². The van der Waals surface area contributed by atoms with Crippen LogP contribution in [-0.2, 0) is 9.53 Å². The summed E-state index contributed by atoms with van der Waals surface area (Å²) in [6.45, 7) is 11.1. The van der Waals surface area contributed by atoms with Gasteiger partial charge in [0.1, 0.15) is 0 Å². The third kappa shape index (κ3) is 9.41. The Hall–Kier alpha value is -1.52. The molecule has 0 spiro atoms. The minimum atomic E-state index is -0.219. The highest BCUT2D eigenvalue weighted by atomic mass is 16.5. The molecule has 5 heteroatoms. The highest BCUT2D eigenvalue weighted by Gasteiger charge is 2.04. The second-order valence-electron chi connectivity index (χ2n) is 3.72. The Morgan fingerprint density at radius 1 is 1.47 bits per heavy atom. The Kier molecular flexibility index (Phi) is 8.82. The predicted octanol–water partition coefficient (Wildman–Crippen LogP) is 1.07. The van der Waals surface area contributed by atoms with E-state index in [1.54, 1.807) is 6.08 Å². The van der Waals surface area contributed by atoms with E-state index in [1.165, 1.54) is 0 Å². The summed E-state index contributed by atoms with van der Waals surface area (Å²) in [5.41, 5.74) is 0. The first-order valence-electron chi connectivity index (χ1n) is 5.92.